The summed E-state index contributed by atoms with van der Waals surface area (Å²) in [6.45, 7) is 0.497. The van der Waals surface area contributed by atoms with E-state index in [-0.39, 0.29) is 17.6 Å². The third-order valence-electron chi connectivity index (χ3n) is 5.14. The van der Waals surface area contributed by atoms with Gasteiger partial charge in [0.2, 0.25) is 0 Å². The van der Waals surface area contributed by atoms with Gasteiger partial charge in [-0.25, -0.2) is 0 Å². The first-order chi connectivity index (χ1) is 12.7. The first kappa shape index (κ1) is 15.3. The van der Waals surface area contributed by atoms with Crippen molar-refractivity contribution >= 4 is 45.0 Å². The summed E-state index contributed by atoms with van der Waals surface area (Å²) < 4.78 is 0. The molecule has 0 unspecified atom stereocenters. The first-order valence-corrected chi connectivity index (χ1v) is 8.99. The van der Waals surface area contributed by atoms with Gasteiger partial charge in [0, 0.05) is 46.9 Å². The van der Waals surface area contributed by atoms with E-state index in [0.717, 1.165) is 27.5 Å². The summed E-state index contributed by atoms with van der Waals surface area (Å²) in [7, 11) is 0. The van der Waals surface area contributed by atoms with E-state index in [9.17, 15) is 9.90 Å². The number of fused-ring (bicyclic) bond motifs is 4. The molecule has 1 aliphatic heterocycles. The van der Waals surface area contributed by atoms with Crippen molar-refractivity contribution in [1.82, 2.24) is 9.97 Å². The van der Waals surface area contributed by atoms with Crippen molar-refractivity contribution in [2.24, 2.45) is 0 Å². The maximum Gasteiger partial charge on any atom is 0.274 e. The van der Waals surface area contributed by atoms with Crippen LogP contribution < -0.4 is 4.90 Å². The Balaban J connectivity index is 1.65. The number of aromatic hydroxyl groups is 1. The van der Waals surface area contributed by atoms with E-state index in [4.69, 9.17) is 11.6 Å². The summed E-state index contributed by atoms with van der Waals surface area (Å²) >= 11 is 6.20. The highest BCUT2D eigenvalue weighted by atomic mass is 35.5. The first-order valence-electron chi connectivity index (χ1n) is 8.46. The second-order valence-corrected chi connectivity index (χ2v) is 6.94. The average Bonchev–Trinajstić information content (AvgIpc) is 3.36. The molecule has 26 heavy (non-hydrogen) atoms. The zero-order chi connectivity index (χ0) is 17.8. The van der Waals surface area contributed by atoms with Crippen molar-refractivity contribution in [3.63, 3.8) is 0 Å². The normalized spacial score (nSPS) is 16.5. The zero-order valence-electron chi connectivity index (χ0n) is 13.8. The van der Waals surface area contributed by atoms with E-state index in [1.165, 1.54) is 0 Å². The van der Waals surface area contributed by atoms with Gasteiger partial charge in [-0.05, 0) is 23.8 Å². The van der Waals surface area contributed by atoms with Crippen LogP contribution in [-0.2, 0) is 0 Å². The number of amides is 1. The number of carbonyl (C=O) groups excluding carboxylic acids is 1. The van der Waals surface area contributed by atoms with Gasteiger partial charge in [-0.15, -0.1) is 11.6 Å². The molecular weight excluding hydrogens is 350 g/mol. The Kier molecular flexibility index (Phi) is 3.27. The number of nitrogens with zero attached hydrogens (tertiary/aromatic N) is 1. The smallest absolute Gasteiger partial charge is 0.274 e. The summed E-state index contributed by atoms with van der Waals surface area (Å²) in [4.78, 5) is 21.1. The molecule has 130 valence electrons. The number of nitrogens with one attached hydrogen (secondary N) is 2. The second kappa shape index (κ2) is 5.54. The highest BCUT2D eigenvalue weighted by molar-refractivity contribution is 6.19. The largest absolute Gasteiger partial charge is 0.506 e. The lowest BCUT2D eigenvalue weighted by molar-refractivity contribution is 0.0984. The van der Waals surface area contributed by atoms with Crippen LogP contribution in [0.25, 0.3) is 21.8 Å². The van der Waals surface area contributed by atoms with Crippen molar-refractivity contribution in [2.45, 2.75) is 5.92 Å². The molecule has 0 fully saturated rings. The van der Waals surface area contributed by atoms with Gasteiger partial charge >= 0.3 is 0 Å². The lowest BCUT2D eigenvalue weighted by atomic mass is 9.99. The molecule has 1 aliphatic rings. The van der Waals surface area contributed by atoms with E-state index < -0.39 is 0 Å². The molecule has 5 nitrogen and oxygen atoms in total. The van der Waals surface area contributed by atoms with Crippen molar-refractivity contribution in [2.75, 3.05) is 17.3 Å². The number of aromatic nitrogens is 2. The van der Waals surface area contributed by atoms with Gasteiger partial charge in [-0.2, -0.15) is 0 Å². The average molecular weight is 366 g/mol. The molecule has 4 aromatic rings. The van der Waals surface area contributed by atoms with Gasteiger partial charge in [0.25, 0.3) is 5.91 Å². The number of hydrogen-bond donors (Lipinski definition) is 3. The highest BCUT2D eigenvalue weighted by Crippen LogP contribution is 2.45. The van der Waals surface area contributed by atoms with E-state index in [2.05, 4.69) is 9.97 Å². The number of phenolic OH excluding ortho intramolecular Hbond substituents is 1. The fraction of sp³-hybridized carbons (Fsp3) is 0.150. The lowest BCUT2D eigenvalue weighted by Crippen LogP contribution is -2.30. The summed E-state index contributed by atoms with van der Waals surface area (Å²) in [5.74, 6) is 0.450. The third-order valence-corrected chi connectivity index (χ3v) is 5.51. The predicted octanol–water partition coefficient (Wildman–Crippen LogP) is 4.34. The fourth-order valence-electron chi connectivity index (χ4n) is 3.94. The number of carbonyl (C=O) groups is 1. The maximum absolute atomic E-state index is 13.2. The van der Waals surface area contributed by atoms with Gasteiger partial charge < -0.3 is 20.0 Å². The SMILES string of the molecule is O=C(c1cc2ccccc2[nH]1)N1C[C@H](CCl)c2c1cc(O)c1[nH]ccc21. The molecule has 0 aliphatic carbocycles. The Bertz CT molecular complexity index is 1130. The third kappa shape index (κ3) is 2.07. The Morgan fingerprint density at radius 3 is 2.92 bits per heavy atom. The van der Waals surface area contributed by atoms with Crippen LogP contribution in [0.4, 0.5) is 5.69 Å². The summed E-state index contributed by atoms with van der Waals surface area (Å²) in [5.41, 5.74) is 3.87. The zero-order valence-corrected chi connectivity index (χ0v) is 14.5. The van der Waals surface area contributed by atoms with Gasteiger partial charge in [0.1, 0.15) is 11.4 Å². The molecule has 2 aromatic heterocycles. The van der Waals surface area contributed by atoms with Crippen LogP contribution in [0.3, 0.4) is 0 Å². The molecule has 1 atom stereocenters. The monoisotopic (exact) mass is 365 g/mol. The molecule has 2 aromatic carbocycles. The number of phenols is 1. The van der Waals surface area contributed by atoms with E-state index in [0.29, 0.717) is 23.6 Å². The van der Waals surface area contributed by atoms with Crippen LogP contribution in [0.2, 0.25) is 0 Å². The molecule has 1 amide bonds. The number of aromatic amines is 2. The van der Waals surface area contributed by atoms with Gasteiger partial charge in [0.15, 0.2) is 0 Å². The van der Waals surface area contributed by atoms with E-state index >= 15 is 0 Å². The predicted molar refractivity (Wildman–Crippen MR) is 103 cm³/mol. The Morgan fingerprint density at radius 1 is 1.27 bits per heavy atom. The summed E-state index contributed by atoms with van der Waals surface area (Å²) in [6, 6.07) is 13.2. The molecule has 3 N–H and O–H groups in total. The molecule has 0 bridgehead atoms. The fourth-order valence-corrected chi connectivity index (χ4v) is 4.19. The van der Waals surface area contributed by atoms with Crippen LogP contribution in [0.15, 0.2) is 48.7 Å². The van der Waals surface area contributed by atoms with Crippen LogP contribution in [0.5, 0.6) is 5.75 Å². The quantitative estimate of drug-likeness (QED) is 0.462. The Morgan fingerprint density at radius 2 is 2.12 bits per heavy atom. The summed E-state index contributed by atoms with van der Waals surface area (Å²) in [6.07, 6.45) is 1.79. The number of para-hydroxylation sites is 1. The molecular formula is C20H16ClN3O2. The minimum atomic E-state index is -0.121. The van der Waals surface area contributed by atoms with E-state index in [1.54, 1.807) is 17.2 Å². The topological polar surface area (TPSA) is 72.1 Å². The minimum absolute atomic E-state index is 0.0268. The summed E-state index contributed by atoms with van der Waals surface area (Å²) in [5, 5.41) is 12.3. The highest BCUT2D eigenvalue weighted by Gasteiger charge is 2.35. The Labute approximate surface area is 154 Å². The van der Waals surface area contributed by atoms with Crippen LogP contribution in [-0.4, -0.2) is 33.4 Å². The Hall–Kier alpha value is -2.92. The van der Waals surface area contributed by atoms with Crippen molar-refractivity contribution in [3.05, 3.63) is 59.9 Å². The second-order valence-electron chi connectivity index (χ2n) is 6.63. The van der Waals surface area contributed by atoms with Crippen molar-refractivity contribution in [1.29, 1.82) is 0 Å². The van der Waals surface area contributed by atoms with Crippen molar-refractivity contribution in [3.8, 4) is 5.75 Å². The number of H-pyrrole nitrogens is 2. The van der Waals surface area contributed by atoms with E-state index in [1.807, 2.05) is 36.4 Å². The van der Waals surface area contributed by atoms with Crippen LogP contribution in [0.1, 0.15) is 22.0 Å². The number of anilines is 1. The molecule has 6 heteroatoms. The lowest BCUT2D eigenvalue weighted by Gasteiger charge is -2.17. The molecule has 0 spiro atoms. The number of rotatable bonds is 2. The molecule has 0 saturated heterocycles. The van der Waals surface area contributed by atoms with Crippen LogP contribution >= 0.6 is 11.6 Å². The van der Waals surface area contributed by atoms with Crippen LogP contribution in [0, 0.1) is 0 Å². The number of halogens is 1. The van der Waals surface area contributed by atoms with Gasteiger partial charge in [-0.3, -0.25) is 4.79 Å². The number of hydrogen-bond acceptors (Lipinski definition) is 2. The molecule has 3 heterocycles. The molecule has 0 saturated carbocycles. The number of alkyl halides is 1. The minimum Gasteiger partial charge on any atom is -0.506 e. The number of benzene rings is 2. The molecule has 5 rings (SSSR count). The maximum atomic E-state index is 13.2. The molecule has 0 radical (unpaired) electrons. The standard InChI is InChI=1S/C20H16ClN3O2/c21-9-12-10-24(16-8-17(25)19-13(18(12)16)5-6-22-19)20(26)15-7-11-3-1-2-4-14(11)23-15/h1-8,12,22-23,25H,9-10H2/t12-/m0/s1. The van der Waals surface area contributed by atoms with Crippen molar-refractivity contribution < 1.29 is 9.90 Å². The van der Waals surface area contributed by atoms with Gasteiger partial charge in [-0.1, -0.05) is 18.2 Å². The van der Waals surface area contributed by atoms with Gasteiger partial charge in [0.05, 0.1) is 11.2 Å².